The van der Waals surface area contributed by atoms with E-state index >= 15 is 0 Å². The zero-order chi connectivity index (χ0) is 42.0. The van der Waals surface area contributed by atoms with E-state index in [1.54, 1.807) is 5.56 Å². The quantitative estimate of drug-likeness (QED) is 0.116. The summed E-state index contributed by atoms with van der Waals surface area (Å²) in [5.74, 6) is 3.67. The maximum Gasteiger partial charge on any atom is 0.220 e. The van der Waals surface area contributed by atoms with Gasteiger partial charge >= 0.3 is 0 Å². The largest absolute Gasteiger partial charge is 0.309 e. The average Bonchev–Trinajstić information content (AvgIpc) is 3.99. The predicted molar refractivity (Wildman–Crippen MR) is 267 cm³/mol. The molecular weight excluding hydrogens is 793 g/mol. The lowest BCUT2D eigenvalue weighted by Crippen LogP contribution is -2.74. The third-order valence-electron chi connectivity index (χ3n) is 15.9. The molecule has 4 nitrogen and oxygen atoms in total. The van der Waals surface area contributed by atoms with E-state index in [0.717, 1.165) is 57.0 Å². The molecule has 0 saturated heterocycles. The zero-order valence-electron chi connectivity index (χ0n) is 35.8. The Morgan fingerprint density at radius 1 is 0.406 bits per heavy atom. The topological polar surface area (TPSA) is 27.2 Å². The Balaban J connectivity index is 0.984. The highest BCUT2D eigenvalue weighted by Gasteiger charge is 2.51. The predicted octanol–water partition coefficient (Wildman–Crippen LogP) is 11.4. The first kappa shape index (κ1) is 36.5. The molecule has 4 fully saturated rings. The minimum atomic E-state index is -2.78. The second-order valence-electron chi connectivity index (χ2n) is 19.4. The molecule has 4 aliphatic carbocycles. The second kappa shape index (κ2) is 13.8. The van der Waals surface area contributed by atoms with Gasteiger partial charge in [-0.3, -0.25) is 8.97 Å². The first-order chi connectivity index (χ1) is 31.6. The van der Waals surface area contributed by atoms with Crippen molar-refractivity contribution < 1.29 is 0 Å². The van der Waals surface area contributed by atoms with Crippen LogP contribution >= 0.6 is 0 Å². The molecule has 0 spiro atoms. The van der Waals surface area contributed by atoms with Crippen LogP contribution in [0.3, 0.4) is 0 Å². The van der Waals surface area contributed by atoms with E-state index in [4.69, 9.17) is 4.98 Å². The van der Waals surface area contributed by atoms with Gasteiger partial charge in [0.1, 0.15) is 0 Å². The molecule has 5 heteroatoms. The lowest BCUT2D eigenvalue weighted by molar-refractivity contribution is -0.00512. The molecular formula is C59H48N4Si. The fourth-order valence-corrected chi connectivity index (χ4v) is 18.6. The molecule has 0 amide bonds. The maximum absolute atomic E-state index is 5.40. The van der Waals surface area contributed by atoms with Crippen molar-refractivity contribution in [3.8, 4) is 11.4 Å². The highest BCUT2D eigenvalue weighted by atomic mass is 28.3. The number of hydrogen-bond acceptors (Lipinski definition) is 1. The molecule has 64 heavy (non-hydrogen) atoms. The Morgan fingerprint density at radius 3 is 1.62 bits per heavy atom. The molecule has 4 bridgehead atoms. The van der Waals surface area contributed by atoms with Crippen LogP contribution in [0.5, 0.6) is 0 Å². The summed E-state index contributed by atoms with van der Waals surface area (Å²) in [6.45, 7) is 0. The number of nitrogens with zero attached hydrogens (tertiary/aromatic N) is 4. The number of rotatable bonds is 7. The molecule has 0 radical (unpaired) electrons. The van der Waals surface area contributed by atoms with Gasteiger partial charge < -0.3 is 4.57 Å². The highest BCUT2D eigenvalue weighted by molar-refractivity contribution is 7.19. The normalized spacial score (nSPS) is 20.7. The van der Waals surface area contributed by atoms with E-state index in [2.05, 4.69) is 214 Å². The first-order valence-electron chi connectivity index (χ1n) is 23.4. The van der Waals surface area contributed by atoms with E-state index in [0.29, 0.717) is 5.41 Å². The number of para-hydroxylation sites is 3. The van der Waals surface area contributed by atoms with Crippen LogP contribution in [-0.4, -0.2) is 26.6 Å². The number of imidazole rings is 2. The van der Waals surface area contributed by atoms with Gasteiger partial charge in [-0.25, -0.2) is 4.98 Å². The number of hydrogen-bond donors (Lipinski definition) is 0. The van der Waals surface area contributed by atoms with Crippen molar-refractivity contribution in [2.24, 2.45) is 17.8 Å². The van der Waals surface area contributed by atoms with Crippen molar-refractivity contribution >= 4 is 78.5 Å². The fraction of sp³-hybridized carbons (Fsp3) is 0.169. The maximum atomic E-state index is 5.40. The van der Waals surface area contributed by atoms with Crippen LogP contribution in [0.1, 0.15) is 44.1 Å². The third kappa shape index (κ3) is 5.19. The van der Waals surface area contributed by atoms with E-state index in [-0.39, 0.29) is 0 Å². The molecule has 0 unspecified atom stereocenters. The van der Waals surface area contributed by atoms with E-state index in [1.165, 1.54) is 81.1 Å². The van der Waals surface area contributed by atoms with Crippen LogP contribution in [-0.2, 0) is 5.41 Å². The van der Waals surface area contributed by atoms with E-state index in [9.17, 15) is 0 Å². The molecule has 3 aromatic heterocycles. The van der Waals surface area contributed by atoms with Crippen molar-refractivity contribution in [3.05, 3.63) is 206 Å². The van der Waals surface area contributed by atoms with Gasteiger partial charge in [0.05, 0.1) is 33.1 Å². The molecule has 4 aliphatic rings. The summed E-state index contributed by atoms with van der Waals surface area (Å²) in [6, 6.07) is 75.3. The van der Waals surface area contributed by atoms with Crippen LogP contribution in [0.15, 0.2) is 200 Å². The van der Waals surface area contributed by atoms with Crippen molar-refractivity contribution in [1.82, 2.24) is 18.5 Å². The smallest absolute Gasteiger partial charge is 0.220 e. The minimum Gasteiger partial charge on any atom is -0.309 e. The van der Waals surface area contributed by atoms with Crippen molar-refractivity contribution in [2.45, 2.75) is 43.9 Å². The first-order valence-corrected chi connectivity index (χ1v) is 25.4. The Hall–Kier alpha value is -6.95. The molecule has 0 atom stereocenters. The third-order valence-corrected chi connectivity index (χ3v) is 20.7. The summed E-state index contributed by atoms with van der Waals surface area (Å²) in [5, 5.41) is 8.12. The lowest BCUT2D eigenvalue weighted by atomic mass is 9.48. The summed E-state index contributed by atoms with van der Waals surface area (Å²) in [4.78, 5) is 5.40. The molecule has 8 aromatic carbocycles. The summed E-state index contributed by atoms with van der Waals surface area (Å²) in [6.07, 6.45) is 8.53. The van der Waals surface area contributed by atoms with Gasteiger partial charge in [0.2, 0.25) is 5.78 Å². The average molecular weight is 841 g/mol. The van der Waals surface area contributed by atoms with E-state index in [1.807, 2.05) is 0 Å². The number of fused-ring (bicyclic) bond motifs is 8. The summed E-state index contributed by atoms with van der Waals surface area (Å²) in [7, 11) is -2.78. The SMILES string of the molecule is c1ccc([Si](c2ccccc2)(c2ccccc2)c2cccc(-n3c4ccc(-n5c6ccccc6c6cc(C78CC9CC(CC(C9)C7)C8)ccc65)cc4n4c5ccccc5nc34)c2)cc1. The fourth-order valence-electron chi connectivity index (χ4n) is 13.8. The van der Waals surface area contributed by atoms with Gasteiger partial charge in [0.25, 0.3) is 0 Å². The molecule has 4 saturated carbocycles. The second-order valence-corrected chi connectivity index (χ2v) is 23.2. The Labute approximate surface area is 374 Å². The summed E-state index contributed by atoms with van der Waals surface area (Å²) >= 11 is 0. The van der Waals surface area contributed by atoms with Gasteiger partial charge in [-0.1, -0.05) is 140 Å². The standard InChI is InChI=1S/C59H48N4Si/c1-4-16-46(17-5-1)64(47-18-6-2-7-19-47,48-20-8-3-9-21-48)49-22-14-15-44(35-49)62-56-30-28-45(36-57(56)63-55-26-13-11-24-52(55)60-58(62)63)61-53-25-12-10-23-50(53)51-34-43(27-29-54(51)61)59-37-40-31-41(38-59)33-42(32-40)39-59/h1-30,34-36,40-42H,31-33,37-39H2. The van der Waals surface area contributed by atoms with Gasteiger partial charge in [-0.05, 0) is 149 Å². The van der Waals surface area contributed by atoms with Gasteiger partial charge in [-0.15, -0.1) is 0 Å². The Bertz CT molecular complexity index is 3470. The van der Waals surface area contributed by atoms with Crippen molar-refractivity contribution in [1.29, 1.82) is 0 Å². The monoisotopic (exact) mass is 840 g/mol. The minimum absolute atomic E-state index is 0.352. The van der Waals surface area contributed by atoms with Crippen LogP contribution in [0.4, 0.5) is 0 Å². The van der Waals surface area contributed by atoms with Crippen molar-refractivity contribution in [3.63, 3.8) is 0 Å². The Kier molecular flexibility index (Phi) is 7.86. The molecule has 15 rings (SSSR count). The van der Waals surface area contributed by atoms with Crippen molar-refractivity contribution in [2.75, 3.05) is 0 Å². The lowest BCUT2D eigenvalue weighted by Gasteiger charge is -2.57. The van der Waals surface area contributed by atoms with Crippen LogP contribution in [0.2, 0.25) is 0 Å². The number of aromatic nitrogens is 4. The summed E-state index contributed by atoms with van der Waals surface area (Å²) in [5.41, 5.74) is 11.1. The van der Waals surface area contributed by atoms with E-state index < -0.39 is 8.07 Å². The number of benzene rings is 8. The highest BCUT2D eigenvalue weighted by Crippen LogP contribution is 2.61. The van der Waals surface area contributed by atoms with Crippen LogP contribution in [0.25, 0.3) is 61.0 Å². The molecule has 308 valence electrons. The van der Waals surface area contributed by atoms with Gasteiger partial charge in [-0.2, -0.15) is 0 Å². The van der Waals surface area contributed by atoms with Gasteiger partial charge in [0, 0.05) is 22.1 Å². The van der Waals surface area contributed by atoms with Crippen LogP contribution in [0, 0.1) is 17.8 Å². The molecule has 11 aromatic rings. The summed E-state index contributed by atoms with van der Waals surface area (Å²) < 4.78 is 7.29. The molecule has 0 N–H and O–H groups in total. The zero-order valence-corrected chi connectivity index (χ0v) is 36.8. The van der Waals surface area contributed by atoms with Crippen LogP contribution < -0.4 is 20.7 Å². The molecule has 0 aliphatic heterocycles. The van der Waals surface area contributed by atoms with Gasteiger partial charge in [0.15, 0.2) is 8.07 Å². The Morgan fingerprint density at radius 2 is 0.953 bits per heavy atom. The molecule has 3 heterocycles.